The van der Waals surface area contributed by atoms with Crippen molar-refractivity contribution in [2.24, 2.45) is 0 Å². The van der Waals surface area contributed by atoms with E-state index in [-0.39, 0.29) is 6.04 Å². The molecule has 0 radical (unpaired) electrons. The van der Waals surface area contributed by atoms with Gasteiger partial charge in [0.25, 0.3) is 0 Å². The van der Waals surface area contributed by atoms with E-state index in [0.29, 0.717) is 11.6 Å². The van der Waals surface area contributed by atoms with Crippen molar-refractivity contribution < 1.29 is 8.78 Å². The fourth-order valence-corrected chi connectivity index (χ4v) is 2.92. The van der Waals surface area contributed by atoms with Crippen LogP contribution in [0.5, 0.6) is 0 Å². The summed E-state index contributed by atoms with van der Waals surface area (Å²) in [6.45, 7) is 1.91. The van der Waals surface area contributed by atoms with Crippen LogP contribution in [0.25, 0.3) is 0 Å². The second kappa shape index (κ2) is 6.99. The highest BCUT2D eigenvalue weighted by atomic mass is 19.2. The first-order valence-electron chi connectivity index (χ1n) is 7.38. The van der Waals surface area contributed by atoms with Crippen LogP contribution >= 0.6 is 0 Å². The standard InChI is InChI=1S/C16H23F2N/c1-12(14-10-7-11-15(17)16(14)18)19-13-8-5-3-2-4-6-9-13/h7,10-13,19H,2-6,8-9H2,1H3. The zero-order valence-electron chi connectivity index (χ0n) is 11.6. The summed E-state index contributed by atoms with van der Waals surface area (Å²) in [5.74, 6) is -1.47. The molecule has 1 atom stereocenters. The second-order valence-electron chi connectivity index (χ2n) is 5.57. The maximum Gasteiger partial charge on any atom is 0.163 e. The normalized spacial score (nSPS) is 19.7. The van der Waals surface area contributed by atoms with Gasteiger partial charge in [-0.05, 0) is 25.8 Å². The van der Waals surface area contributed by atoms with E-state index >= 15 is 0 Å². The fourth-order valence-electron chi connectivity index (χ4n) is 2.92. The van der Waals surface area contributed by atoms with Crippen molar-refractivity contribution in [3.8, 4) is 0 Å². The summed E-state index contributed by atoms with van der Waals surface area (Å²) in [7, 11) is 0. The van der Waals surface area contributed by atoms with Gasteiger partial charge in [0.05, 0.1) is 0 Å². The molecule has 0 heterocycles. The number of benzene rings is 1. The van der Waals surface area contributed by atoms with Crippen molar-refractivity contribution >= 4 is 0 Å². The molecule has 106 valence electrons. The van der Waals surface area contributed by atoms with Crippen LogP contribution in [0.2, 0.25) is 0 Å². The monoisotopic (exact) mass is 267 g/mol. The van der Waals surface area contributed by atoms with Crippen molar-refractivity contribution in [1.82, 2.24) is 5.32 Å². The number of nitrogens with one attached hydrogen (secondary N) is 1. The molecule has 2 rings (SSSR count). The maximum atomic E-state index is 13.7. The van der Waals surface area contributed by atoms with Crippen LogP contribution in [0.15, 0.2) is 18.2 Å². The molecule has 19 heavy (non-hydrogen) atoms. The topological polar surface area (TPSA) is 12.0 Å². The third-order valence-corrected chi connectivity index (χ3v) is 4.04. The van der Waals surface area contributed by atoms with E-state index in [0.717, 1.165) is 12.8 Å². The molecule has 1 nitrogen and oxygen atoms in total. The molecule has 0 bridgehead atoms. The average Bonchev–Trinajstić information content (AvgIpc) is 2.35. The Morgan fingerprint density at radius 3 is 2.37 bits per heavy atom. The average molecular weight is 267 g/mol. The Morgan fingerprint density at radius 2 is 1.68 bits per heavy atom. The zero-order valence-corrected chi connectivity index (χ0v) is 11.6. The minimum atomic E-state index is -0.760. The van der Waals surface area contributed by atoms with Gasteiger partial charge in [0, 0.05) is 17.6 Å². The summed E-state index contributed by atoms with van der Waals surface area (Å²) in [6, 6.07) is 4.70. The molecule has 1 fully saturated rings. The molecule has 1 N–H and O–H groups in total. The van der Waals surface area contributed by atoms with Crippen LogP contribution in [0.4, 0.5) is 8.78 Å². The summed E-state index contributed by atoms with van der Waals surface area (Å²) in [5.41, 5.74) is 0.432. The lowest BCUT2D eigenvalue weighted by molar-refractivity contribution is 0.356. The molecule has 1 aliphatic rings. The highest BCUT2D eigenvalue weighted by molar-refractivity contribution is 5.22. The van der Waals surface area contributed by atoms with Gasteiger partial charge < -0.3 is 5.32 Å². The molecule has 0 aromatic heterocycles. The Hall–Kier alpha value is -0.960. The van der Waals surface area contributed by atoms with Crippen LogP contribution < -0.4 is 5.32 Å². The highest BCUT2D eigenvalue weighted by Crippen LogP contribution is 2.23. The summed E-state index contributed by atoms with van der Waals surface area (Å²) in [4.78, 5) is 0. The van der Waals surface area contributed by atoms with E-state index in [1.807, 2.05) is 6.92 Å². The van der Waals surface area contributed by atoms with Gasteiger partial charge in [0.15, 0.2) is 11.6 Å². The molecule has 1 aromatic rings. The first-order chi connectivity index (χ1) is 9.18. The molecule has 0 spiro atoms. The van der Waals surface area contributed by atoms with Gasteiger partial charge in [0.2, 0.25) is 0 Å². The van der Waals surface area contributed by atoms with E-state index in [9.17, 15) is 8.78 Å². The fraction of sp³-hybridized carbons (Fsp3) is 0.625. The van der Waals surface area contributed by atoms with Gasteiger partial charge in [-0.15, -0.1) is 0 Å². The quantitative estimate of drug-likeness (QED) is 0.835. The maximum absolute atomic E-state index is 13.7. The lowest BCUT2D eigenvalue weighted by atomic mass is 9.95. The third kappa shape index (κ3) is 4.00. The Kier molecular flexibility index (Phi) is 5.32. The summed E-state index contributed by atoms with van der Waals surface area (Å²) in [6.07, 6.45) is 8.66. The molecular formula is C16H23F2N. The Bertz CT molecular complexity index is 398. The van der Waals surface area contributed by atoms with Gasteiger partial charge >= 0.3 is 0 Å². The van der Waals surface area contributed by atoms with Crippen LogP contribution in [-0.4, -0.2) is 6.04 Å². The minimum Gasteiger partial charge on any atom is -0.307 e. The predicted octanol–water partition coefficient (Wildman–Crippen LogP) is 4.73. The third-order valence-electron chi connectivity index (χ3n) is 4.04. The van der Waals surface area contributed by atoms with Crippen molar-refractivity contribution in [2.75, 3.05) is 0 Å². The van der Waals surface area contributed by atoms with Crippen molar-refractivity contribution in [2.45, 2.75) is 64.0 Å². The lowest BCUT2D eigenvalue weighted by Crippen LogP contribution is -2.32. The number of hydrogen-bond donors (Lipinski definition) is 1. The molecule has 1 aliphatic carbocycles. The Balaban J connectivity index is 1.98. The van der Waals surface area contributed by atoms with Crippen molar-refractivity contribution in [3.63, 3.8) is 0 Å². The molecule has 3 heteroatoms. The van der Waals surface area contributed by atoms with Gasteiger partial charge in [-0.1, -0.05) is 44.2 Å². The molecule has 1 unspecified atom stereocenters. The summed E-state index contributed by atoms with van der Waals surface area (Å²) >= 11 is 0. The number of rotatable bonds is 3. The Labute approximate surface area is 114 Å². The number of hydrogen-bond acceptors (Lipinski definition) is 1. The molecule has 0 aliphatic heterocycles. The number of halogens is 2. The van der Waals surface area contributed by atoms with Crippen LogP contribution in [0.3, 0.4) is 0 Å². The first-order valence-corrected chi connectivity index (χ1v) is 7.38. The van der Waals surface area contributed by atoms with Crippen molar-refractivity contribution in [1.29, 1.82) is 0 Å². The largest absolute Gasteiger partial charge is 0.307 e. The molecule has 1 saturated carbocycles. The predicted molar refractivity (Wildman–Crippen MR) is 74.0 cm³/mol. The van der Waals surface area contributed by atoms with Gasteiger partial charge in [-0.2, -0.15) is 0 Å². The molecule has 0 saturated heterocycles. The Morgan fingerprint density at radius 1 is 1.05 bits per heavy atom. The second-order valence-corrected chi connectivity index (χ2v) is 5.57. The van der Waals surface area contributed by atoms with E-state index in [1.165, 1.54) is 38.2 Å². The summed E-state index contributed by atoms with van der Waals surface area (Å²) in [5, 5.41) is 3.46. The minimum absolute atomic E-state index is 0.139. The van der Waals surface area contributed by atoms with Gasteiger partial charge in [0.1, 0.15) is 0 Å². The van der Waals surface area contributed by atoms with Crippen molar-refractivity contribution in [3.05, 3.63) is 35.4 Å². The van der Waals surface area contributed by atoms with E-state index in [2.05, 4.69) is 5.32 Å². The van der Waals surface area contributed by atoms with Crippen LogP contribution in [0.1, 0.15) is 63.5 Å². The van der Waals surface area contributed by atoms with Gasteiger partial charge in [-0.3, -0.25) is 0 Å². The lowest BCUT2D eigenvalue weighted by Gasteiger charge is -2.25. The molecule has 1 aromatic carbocycles. The molecular weight excluding hydrogens is 244 g/mol. The first kappa shape index (κ1) is 14.4. The van der Waals surface area contributed by atoms with E-state index in [4.69, 9.17) is 0 Å². The SMILES string of the molecule is CC(NC1CCCCCCC1)c1cccc(F)c1F. The smallest absolute Gasteiger partial charge is 0.163 e. The molecule has 0 amide bonds. The van der Waals surface area contributed by atoms with Crippen LogP contribution in [0, 0.1) is 11.6 Å². The highest BCUT2D eigenvalue weighted by Gasteiger charge is 2.18. The van der Waals surface area contributed by atoms with E-state index in [1.54, 1.807) is 12.1 Å². The van der Waals surface area contributed by atoms with E-state index < -0.39 is 11.6 Å². The summed E-state index contributed by atoms with van der Waals surface area (Å²) < 4.78 is 27.0. The van der Waals surface area contributed by atoms with Crippen LogP contribution in [-0.2, 0) is 0 Å². The zero-order chi connectivity index (χ0) is 13.7. The van der Waals surface area contributed by atoms with Gasteiger partial charge in [-0.25, -0.2) is 8.78 Å².